The molecule has 0 saturated heterocycles. The van der Waals surface area contributed by atoms with Gasteiger partial charge in [-0.15, -0.1) is 0 Å². The molecule has 3 heteroatoms. The van der Waals surface area contributed by atoms with Crippen molar-refractivity contribution < 1.29 is 4.79 Å². The molecule has 0 amide bonds. The molecule has 1 nitrogen and oxygen atoms in total. The molecular formula is C23H44Br2O. The Morgan fingerprint density at radius 3 is 1.12 bits per heavy atom. The van der Waals surface area contributed by atoms with Crippen LogP contribution in [0.15, 0.2) is 0 Å². The first kappa shape index (κ1) is 26.6. The van der Waals surface area contributed by atoms with Gasteiger partial charge >= 0.3 is 0 Å². The van der Waals surface area contributed by atoms with Crippen LogP contribution in [0.5, 0.6) is 0 Å². The lowest BCUT2D eigenvalue weighted by atomic mass is 9.88. The van der Waals surface area contributed by atoms with Gasteiger partial charge in [0.05, 0.1) is 0 Å². The zero-order valence-electron chi connectivity index (χ0n) is 17.5. The highest BCUT2D eigenvalue weighted by Crippen LogP contribution is 2.20. The SMILES string of the molecule is CC(CCCCCCCCCBr)C(=O)C(C)CCCCCCCCCBr. The first-order valence-electron chi connectivity index (χ1n) is 11.3. The average molecular weight is 496 g/mol. The molecule has 0 aliphatic heterocycles. The van der Waals surface area contributed by atoms with Crippen molar-refractivity contribution in [2.45, 2.75) is 117 Å². The largest absolute Gasteiger partial charge is 0.299 e. The Bertz CT molecular complexity index is 279. The summed E-state index contributed by atoms with van der Waals surface area (Å²) < 4.78 is 0. The minimum atomic E-state index is 0.266. The van der Waals surface area contributed by atoms with Gasteiger partial charge in [-0.05, 0) is 25.7 Å². The van der Waals surface area contributed by atoms with Crippen LogP contribution in [-0.2, 0) is 4.79 Å². The summed E-state index contributed by atoms with van der Waals surface area (Å²) >= 11 is 6.97. The van der Waals surface area contributed by atoms with Crippen LogP contribution in [0.2, 0.25) is 0 Å². The highest BCUT2D eigenvalue weighted by atomic mass is 79.9. The molecule has 0 aromatic heterocycles. The van der Waals surface area contributed by atoms with E-state index in [1.165, 1.54) is 89.9 Å². The number of hydrogen-bond acceptors (Lipinski definition) is 1. The molecule has 0 N–H and O–H groups in total. The fourth-order valence-corrected chi connectivity index (χ4v) is 4.42. The Morgan fingerprint density at radius 2 is 0.808 bits per heavy atom. The first-order valence-corrected chi connectivity index (χ1v) is 13.5. The van der Waals surface area contributed by atoms with Gasteiger partial charge in [0.15, 0.2) is 0 Å². The number of carbonyl (C=O) groups excluding carboxylic acids is 1. The summed E-state index contributed by atoms with van der Waals surface area (Å²) in [4.78, 5) is 12.5. The molecule has 26 heavy (non-hydrogen) atoms. The molecule has 0 bridgehead atoms. The summed E-state index contributed by atoms with van der Waals surface area (Å²) in [6.45, 7) is 4.30. The van der Waals surface area contributed by atoms with E-state index in [-0.39, 0.29) is 11.8 Å². The number of halogens is 2. The fourth-order valence-electron chi connectivity index (χ4n) is 3.63. The second kappa shape index (κ2) is 20.4. The second-order valence-electron chi connectivity index (χ2n) is 8.11. The Hall–Kier alpha value is 0.630. The first-order chi connectivity index (χ1) is 12.6. The molecule has 0 aliphatic rings. The van der Waals surface area contributed by atoms with Crippen LogP contribution in [0, 0.1) is 11.8 Å². The van der Waals surface area contributed by atoms with Crippen LogP contribution in [0.25, 0.3) is 0 Å². The fraction of sp³-hybridized carbons (Fsp3) is 0.957. The number of ketones is 1. The van der Waals surface area contributed by atoms with Gasteiger partial charge in [0, 0.05) is 22.5 Å². The summed E-state index contributed by atoms with van der Waals surface area (Å²) in [5, 5.41) is 2.28. The zero-order chi connectivity index (χ0) is 19.5. The average Bonchev–Trinajstić information content (AvgIpc) is 2.65. The number of hydrogen-bond donors (Lipinski definition) is 0. The lowest BCUT2D eigenvalue weighted by Gasteiger charge is -2.16. The number of alkyl halides is 2. The molecule has 0 spiro atoms. The van der Waals surface area contributed by atoms with Crippen molar-refractivity contribution in [3.63, 3.8) is 0 Å². The summed E-state index contributed by atoms with van der Waals surface area (Å²) in [6.07, 6.45) is 20.7. The van der Waals surface area contributed by atoms with Crippen LogP contribution in [-0.4, -0.2) is 16.4 Å². The third-order valence-corrected chi connectivity index (χ3v) is 6.63. The van der Waals surface area contributed by atoms with E-state index in [4.69, 9.17) is 0 Å². The molecule has 0 saturated carbocycles. The van der Waals surface area contributed by atoms with Crippen molar-refractivity contribution in [3.8, 4) is 0 Å². The standard InChI is InChI=1S/C23H44Br2O/c1-21(17-13-9-5-3-7-11-15-19-24)23(26)22(2)18-14-10-6-4-8-12-16-20-25/h21-22H,3-20H2,1-2H3. The van der Waals surface area contributed by atoms with Gasteiger partial charge in [-0.3, -0.25) is 4.79 Å². The molecule has 2 atom stereocenters. The minimum absolute atomic E-state index is 0.266. The number of rotatable bonds is 20. The van der Waals surface area contributed by atoms with Crippen molar-refractivity contribution in [1.82, 2.24) is 0 Å². The lowest BCUT2D eigenvalue weighted by molar-refractivity contribution is -0.126. The van der Waals surface area contributed by atoms with Gasteiger partial charge < -0.3 is 0 Å². The van der Waals surface area contributed by atoms with Crippen LogP contribution >= 0.6 is 31.9 Å². The van der Waals surface area contributed by atoms with E-state index in [1.807, 2.05) is 0 Å². The quantitative estimate of drug-likeness (QED) is 0.122. The number of carbonyl (C=O) groups is 1. The Balaban J connectivity index is 3.54. The number of Topliss-reactive ketones (excluding diaryl/α,β-unsaturated/α-hetero) is 1. The predicted molar refractivity (Wildman–Crippen MR) is 125 cm³/mol. The zero-order valence-corrected chi connectivity index (χ0v) is 20.7. The molecule has 0 rings (SSSR count). The van der Waals surface area contributed by atoms with Gasteiger partial charge in [-0.25, -0.2) is 0 Å². The van der Waals surface area contributed by atoms with E-state index in [9.17, 15) is 4.79 Å². The van der Waals surface area contributed by atoms with Crippen LogP contribution in [0.1, 0.15) is 117 Å². The molecule has 0 fully saturated rings. The maximum absolute atomic E-state index is 12.5. The van der Waals surface area contributed by atoms with E-state index in [0.29, 0.717) is 5.78 Å². The molecule has 0 aromatic carbocycles. The summed E-state index contributed by atoms with van der Waals surface area (Å²) in [6, 6.07) is 0. The topological polar surface area (TPSA) is 17.1 Å². The molecule has 156 valence electrons. The van der Waals surface area contributed by atoms with Crippen molar-refractivity contribution in [3.05, 3.63) is 0 Å². The van der Waals surface area contributed by atoms with Gasteiger partial charge in [-0.2, -0.15) is 0 Å². The van der Waals surface area contributed by atoms with Crippen LogP contribution < -0.4 is 0 Å². The smallest absolute Gasteiger partial charge is 0.138 e. The number of unbranched alkanes of at least 4 members (excludes halogenated alkanes) is 12. The van der Waals surface area contributed by atoms with Gasteiger partial charge in [-0.1, -0.05) is 123 Å². The van der Waals surface area contributed by atoms with E-state index < -0.39 is 0 Å². The van der Waals surface area contributed by atoms with Gasteiger partial charge in [0.2, 0.25) is 0 Å². The normalized spacial score (nSPS) is 13.7. The predicted octanol–water partition coefficient (Wildman–Crippen LogP) is 8.86. The summed E-state index contributed by atoms with van der Waals surface area (Å²) in [5.41, 5.74) is 0. The maximum atomic E-state index is 12.5. The molecule has 0 aromatic rings. The van der Waals surface area contributed by atoms with E-state index in [0.717, 1.165) is 23.5 Å². The van der Waals surface area contributed by atoms with Crippen molar-refractivity contribution in [1.29, 1.82) is 0 Å². The monoisotopic (exact) mass is 494 g/mol. The van der Waals surface area contributed by atoms with Crippen molar-refractivity contribution in [2.24, 2.45) is 11.8 Å². The third kappa shape index (κ3) is 16.8. The molecule has 0 heterocycles. The molecular weight excluding hydrogens is 452 g/mol. The molecule has 2 unspecified atom stereocenters. The second-order valence-corrected chi connectivity index (χ2v) is 9.70. The summed E-state index contributed by atoms with van der Waals surface area (Å²) in [5.74, 6) is 1.05. The van der Waals surface area contributed by atoms with Gasteiger partial charge in [0.25, 0.3) is 0 Å². The maximum Gasteiger partial charge on any atom is 0.138 e. The highest BCUT2D eigenvalue weighted by Gasteiger charge is 2.19. The van der Waals surface area contributed by atoms with Crippen LogP contribution in [0.3, 0.4) is 0 Å². The third-order valence-electron chi connectivity index (χ3n) is 5.51. The highest BCUT2D eigenvalue weighted by molar-refractivity contribution is 9.09. The van der Waals surface area contributed by atoms with Crippen LogP contribution in [0.4, 0.5) is 0 Å². The van der Waals surface area contributed by atoms with Gasteiger partial charge in [0.1, 0.15) is 5.78 Å². The van der Waals surface area contributed by atoms with E-state index in [1.54, 1.807) is 0 Å². The van der Waals surface area contributed by atoms with Crippen molar-refractivity contribution >= 4 is 37.6 Å². The molecule has 0 radical (unpaired) electrons. The van der Waals surface area contributed by atoms with E-state index >= 15 is 0 Å². The lowest BCUT2D eigenvalue weighted by Crippen LogP contribution is -2.19. The minimum Gasteiger partial charge on any atom is -0.299 e. The van der Waals surface area contributed by atoms with Crippen molar-refractivity contribution in [2.75, 3.05) is 10.7 Å². The Morgan fingerprint density at radius 1 is 0.538 bits per heavy atom. The molecule has 0 aliphatic carbocycles. The summed E-state index contributed by atoms with van der Waals surface area (Å²) in [7, 11) is 0. The van der Waals surface area contributed by atoms with E-state index in [2.05, 4.69) is 45.7 Å². The Kier molecular flexibility index (Phi) is 20.9. The Labute approximate surface area is 181 Å².